The molecule has 23 heavy (non-hydrogen) atoms. The maximum Gasteiger partial charge on any atom is 0.249 e. The second kappa shape index (κ2) is 5.96. The van der Waals surface area contributed by atoms with Gasteiger partial charge in [-0.25, -0.2) is 4.98 Å². The highest BCUT2D eigenvalue weighted by Gasteiger charge is 2.43. The summed E-state index contributed by atoms with van der Waals surface area (Å²) in [6.07, 6.45) is 5.12. The molecule has 0 saturated carbocycles. The fourth-order valence-electron chi connectivity index (χ4n) is 3.29. The number of hydrogen-bond donors (Lipinski definition) is 0. The summed E-state index contributed by atoms with van der Waals surface area (Å²) in [4.78, 5) is 24.9. The lowest BCUT2D eigenvalue weighted by atomic mass is 10.1. The second-order valence-corrected chi connectivity index (χ2v) is 5.89. The Labute approximate surface area is 134 Å². The number of carbonyl (C=O) groups is 1. The predicted octanol–water partition coefficient (Wildman–Crippen LogP) is 1.09. The van der Waals surface area contributed by atoms with Crippen LogP contribution in [0.15, 0.2) is 48.9 Å². The minimum Gasteiger partial charge on any atom is -0.364 e. The number of benzene rings is 1. The zero-order chi connectivity index (χ0) is 15.6. The first kappa shape index (κ1) is 14.1. The molecule has 0 N–H and O–H groups in total. The smallest absolute Gasteiger partial charge is 0.249 e. The van der Waals surface area contributed by atoms with Gasteiger partial charge in [-0.15, -0.1) is 0 Å². The summed E-state index contributed by atoms with van der Waals surface area (Å²) in [6.45, 7) is 2.24. The van der Waals surface area contributed by atoms with E-state index in [-0.39, 0.29) is 24.7 Å². The molecule has 2 aliphatic rings. The monoisotopic (exact) mass is 310 g/mol. The zero-order valence-electron chi connectivity index (χ0n) is 12.7. The van der Waals surface area contributed by atoms with Gasteiger partial charge in [-0.3, -0.25) is 9.78 Å². The molecule has 2 saturated heterocycles. The summed E-state index contributed by atoms with van der Waals surface area (Å²) in [5.74, 6) is 0.883. The Balaban J connectivity index is 1.54. The molecule has 3 heterocycles. The van der Waals surface area contributed by atoms with Crippen LogP contribution in [-0.2, 0) is 16.1 Å². The van der Waals surface area contributed by atoms with E-state index in [1.54, 1.807) is 18.6 Å². The minimum absolute atomic E-state index is 0.0263. The van der Waals surface area contributed by atoms with Crippen LogP contribution in [0.5, 0.6) is 0 Å². The summed E-state index contributed by atoms with van der Waals surface area (Å²) in [5, 5.41) is 0. The Bertz CT molecular complexity index is 680. The van der Waals surface area contributed by atoms with Crippen molar-refractivity contribution in [1.82, 2.24) is 14.9 Å². The van der Waals surface area contributed by atoms with Crippen molar-refractivity contribution in [3.8, 4) is 0 Å². The van der Waals surface area contributed by atoms with Gasteiger partial charge in [0.1, 0.15) is 12.4 Å². The summed E-state index contributed by atoms with van der Waals surface area (Å²) in [7, 11) is 0. The molecule has 2 fully saturated rings. The molecule has 2 atom stereocenters. The molecule has 1 aromatic carbocycles. The van der Waals surface area contributed by atoms with Gasteiger partial charge in [0, 0.05) is 32.0 Å². The van der Waals surface area contributed by atoms with Gasteiger partial charge in [0.05, 0.1) is 18.3 Å². The van der Waals surface area contributed by atoms with Gasteiger partial charge in [-0.1, -0.05) is 30.3 Å². The molecule has 0 aliphatic carbocycles. The lowest BCUT2D eigenvalue weighted by molar-refractivity contribution is -0.153. The lowest BCUT2D eigenvalue weighted by Crippen LogP contribution is -2.53. The summed E-state index contributed by atoms with van der Waals surface area (Å²) >= 11 is 0. The van der Waals surface area contributed by atoms with Gasteiger partial charge in [0.25, 0.3) is 0 Å². The van der Waals surface area contributed by atoms with Crippen molar-refractivity contribution in [3.05, 3.63) is 54.5 Å². The Kier molecular flexibility index (Phi) is 3.67. The molecule has 2 aliphatic heterocycles. The number of hydrogen-bond acceptors (Lipinski definition) is 5. The van der Waals surface area contributed by atoms with Crippen LogP contribution in [0.4, 0.5) is 5.82 Å². The van der Waals surface area contributed by atoms with Gasteiger partial charge >= 0.3 is 0 Å². The quantitative estimate of drug-likeness (QED) is 0.849. The molecule has 0 radical (unpaired) electrons. The van der Waals surface area contributed by atoms with Crippen molar-refractivity contribution < 1.29 is 9.53 Å². The standard InChI is InChI=1S/C17H18N4O2/c22-17-12-23-15-11-20(16-8-18-6-7-19-16)10-14(15)21(17)9-13-4-2-1-3-5-13/h1-8,14-15H,9-12H2/t14-,15-/m1/s1. The molecule has 2 aromatic rings. The van der Waals surface area contributed by atoms with Crippen molar-refractivity contribution in [1.29, 1.82) is 0 Å². The summed E-state index contributed by atoms with van der Waals surface area (Å²) in [5.41, 5.74) is 1.14. The molecule has 4 rings (SSSR count). The van der Waals surface area contributed by atoms with E-state index in [4.69, 9.17) is 4.74 Å². The van der Waals surface area contributed by atoms with E-state index in [1.807, 2.05) is 35.2 Å². The Morgan fingerprint density at radius 2 is 2.04 bits per heavy atom. The number of aromatic nitrogens is 2. The Morgan fingerprint density at radius 1 is 1.17 bits per heavy atom. The van der Waals surface area contributed by atoms with Gasteiger partial charge in [-0.05, 0) is 5.56 Å². The molecular weight excluding hydrogens is 292 g/mol. The van der Waals surface area contributed by atoms with Crippen LogP contribution in [0.2, 0.25) is 0 Å². The minimum atomic E-state index is 0.0263. The number of anilines is 1. The number of ether oxygens (including phenoxy) is 1. The number of amides is 1. The highest BCUT2D eigenvalue weighted by atomic mass is 16.5. The Morgan fingerprint density at radius 3 is 2.83 bits per heavy atom. The summed E-state index contributed by atoms with van der Waals surface area (Å²) in [6, 6.07) is 10.1. The maximum atomic E-state index is 12.3. The van der Waals surface area contributed by atoms with Gasteiger partial charge < -0.3 is 14.5 Å². The van der Waals surface area contributed by atoms with Crippen molar-refractivity contribution in [3.63, 3.8) is 0 Å². The fourth-order valence-corrected chi connectivity index (χ4v) is 3.29. The summed E-state index contributed by atoms with van der Waals surface area (Å²) < 4.78 is 5.75. The molecule has 0 spiro atoms. The third kappa shape index (κ3) is 2.77. The van der Waals surface area contributed by atoms with E-state index in [0.717, 1.165) is 24.5 Å². The van der Waals surface area contributed by atoms with Crippen LogP contribution in [-0.4, -0.2) is 52.6 Å². The molecule has 6 heteroatoms. The van der Waals surface area contributed by atoms with Crippen molar-refractivity contribution in [2.24, 2.45) is 0 Å². The average Bonchev–Trinajstić information content (AvgIpc) is 3.04. The van der Waals surface area contributed by atoms with Crippen molar-refractivity contribution >= 4 is 11.7 Å². The van der Waals surface area contributed by atoms with Gasteiger partial charge in [0.2, 0.25) is 5.91 Å². The first-order valence-electron chi connectivity index (χ1n) is 7.77. The maximum absolute atomic E-state index is 12.3. The van der Waals surface area contributed by atoms with E-state index in [9.17, 15) is 4.79 Å². The van der Waals surface area contributed by atoms with Crippen LogP contribution in [0.25, 0.3) is 0 Å². The number of nitrogens with zero attached hydrogens (tertiary/aromatic N) is 4. The van der Waals surface area contributed by atoms with Crippen LogP contribution in [0, 0.1) is 0 Å². The van der Waals surface area contributed by atoms with Crippen LogP contribution >= 0.6 is 0 Å². The molecule has 1 aromatic heterocycles. The fraction of sp³-hybridized carbons (Fsp3) is 0.353. The van der Waals surface area contributed by atoms with E-state index in [0.29, 0.717) is 6.54 Å². The van der Waals surface area contributed by atoms with Crippen LogP contribution in [0.1, 0.15) is 5.56 Å². The van der Waals surface area contributed by atoms with E-state index < -0.39 is 0 Å². The molecule has 0 unspecified atom stereocenters. The SMILES string of the molecule is O=C1CO[C@@H]2CN(c3cnccn3)C[C@H]2N1Cc1ccccc1. The normalized spacial score (nSPS) is 23.9. The molecule has 6 nitrogen and oxygen atoms in total. The highest BCUT2D eigenvalue weighted by molar-refractivity contribution is 5.79. The number of carbonyl (C=O) groups excluding carboxylic acids is 1. The number of rotatable bonds is 3. The number of fused-ring (bicyclic) bond motifs is 1. The van der Waals surface area contributed by atoms with Crippen molar-refractivity contribution in [2.75, 3.05) is 24.6 Å². The average molecular weight is 310 g/mol. The first-order valence-corrected chi connectivity index (χ1v) is 7.77. The molecule has 0 bridgehead atoms. The predicted molar refractivity (Wildman–Crippen MR) is 84.8 cm³/mol. The molecule has 118 valence electrons. The second-order valence-electron chi connectivity index (χ2n) is 5.89. The van der Waals surface area contributed by atoms with Gasteiger partial charge in [-0.2, -0.15) is 0 Å². The topological polar surface area (TPSA) is 58.6 Å². The molecule has 1 amide bonds. The van der Waals surface area contributed by atoms with E-state index >= 15 is 0 Å². The van der Waals surface area contributed by atoms with Crippen LogP contribution in [0.3, 0.4) is 0 Å². The van der Waals surface area contributed by atoms with Gasteiger partial charge in [0.15, 0.2) is 0 Å². The van der Waals surface area contributed by atoms with Crippen LogP contribution < -0.4 is 4.90 Å². The van der Waals surface area contributed by atoms with E-state index in [1.165, 1.54) is 0 Å². The third-order valence-electron chi connectivity index (χ3n) is 4.45. The lowest BCUT2D eigenvalue weighted by Gasteiger charge is -2.36. The largest absolute Gasteiger partial charge is 0.364 e. The third-order valence-corrected chi connectivity index (χ3v) is 4.45. The van der Waals surface area contributed by atoms with Crippen molar-refractivity contribution in [2.45, 2.75) is 18.7 Å². The zero-order valence-corrected chi connectivity index (χ0v) is 12.7. The van der Waals surface area contributed by atoms with E-state index in [2.05, 4.69) is 14.9 Å². The highest BCUT2D eigenvalue weighted by Crippen LogP contribution is 2.27. The number of morpholine rings is 1. The Hall–Kier alpha value is -2.47. The molecular formula is C17H18N4O2. The first-order chi connectivity index (χ1) is 11.3.